The molecule has 1 N–H and O–H groups in total. The second kappa shape index (κ2) is 8.37. The van der Waals surface area contributed by atoms with Crippen LogP contribution in [0.1, 0.15) is 45.1 Å². The minimum atomic E-state index is -4.57. The molecule has 0 aromatic heterocycles. The van der Waals surface area contributed by atoms with Gasteiger partial charge in [0.25, 0.3) is 5.91 Å². The number of methoxy groups -OCH3 is 2. The number of unbranched alkanes of at least 4 members (excludes halogenated alkanes) is 2. The second-order valence-corrected chi connectivity index (χ2v) is 5.76. The smallest absolute Gasteiger partial charge is 0.420 e. The summed E-state index contributed by atoms with van der Waals surface area (Å²) in [5.74, 6) is -0.766. The van der Waals surface area contributed by atoms with Crippen molar-refractivity contribution in [3.05, 3.63) is 23.8 Å². The molecular formula is C17H24F3NO3. The molecule has 0 unspecified atom stereocenters. The van der Waals surface area contributed by atoms with Crippen molar-refractivity contribution in [2.24, 2.45) is 0 Å². The number of carbonyl (C=O) groups excluding carboxylic acids is 1. The van der Waals surface area contributed by atoms with Gasteiger partial charge >= 0.3 is 6.18 Å². The largest absolute Gasteiger partial charge is 0.496 e. The topological polar surface area (TPSA) is 47.6 Å². The van der Waals surface area contributed by atoms with Crippen LogP contribution in [0.25, 0.3) is 0 Å². The summed E-state index contributed by atoms with van der Waals surface area (Å²) >= 11 is 0. The van der Waals surface area contributed by atoms with Gasteiger partial charge in [-0.15, -0.1) is 0 Å². The molecule has 1 aromatic rings. The number of hydrogen-bond acceptors (Lipinski definition) is 3. The minimum absolute atomic E-state index is 0.0480. The van der Waals surface area contributed by atoms with E-state index in [0.29, 0.717) is 6.42 Å². The molecule has 0 spiro atoms. The Hall–Kier alpha value is -1.76. The van der Waals surface area contributed by atoms with E-state index in [1.165, 1.54) is 26.4 Å². The van der Waals surface area contributed by atoms with Crippen LogP contribution in [-0.4, -0.2) is 25.7 Å². The molecule has 0 aliphatic rings. The van der Waals surface area contributed by atoms with E-state index in [1.807, 2.05) is 6.92 Å². The fraction of sp³-hybridized carbons (Fsp3) is 0.588. The van der Waals surface area contributed by atoms with E-state index < -0.39 is 23.2 Å². The molecule has 24 heavy (non-hydrogen) atoms. The summed E-state index contributed by atoms with van der Waals surface area (Å²) in [7, 11) is 2.58. The van der Waals surface area contributed by atoms with Crippen molar-refractivity contribution in [2.75, 3.05) is 19.5 Å². The van der Waals surface area contributed by atoms with Crippen LogP contribution in [0, 0.1) is 0 Å². The Morgan fingerprint density at radius 1 is 1.21 bits per heavy atom. The van der Waals surface area contributed by atoms with E-state index in [-0.39, 0.29) is 11.4 Å². The lowest BCUT2D eigenvalue weighted by Crippen LogP contribution is -2.42. The first kappa shape index (κ1) is 20.3. The van der Waals surface area contributed by atoms with Crippen LogP contribution in [0.3, 0.4) is 0 Å². The summed E-state index contributed by atoms with van der Waals surface area (Å²) in [4.78, 5) is 12.4. The van der Waals surface area contributed by atoms with Gasteiger partial charge in [-0.05, 0) is 31.5 Å². The van der Waals surface area contributed by atoms with Gasteiger partial charge in [0.2, 0.25) is 0 Å². The molecule has 0 aliphatic carbocycles. The Labute approximate surface area is 140 Å². The fourth-order valence-corrected chi connectivity index (χ4v) is 2.29. The molecule has 7 heteroatoms. The van der Waals surface area contributed by atoms with Gasteiger partial charge in [0, 0.05) is 12.8 Å². The number of halogens is 3. The van der Waals surface area contributed by atoms with Gasteiger partial charge in [0.1, 0.15) is 11.4 Å². The molecule has 4 nitrogen and oxygen atoms in total. The quantitative estimate of drug-likeness (QED) is 0.697. The lowest BCUT2D eigenvalue weighted by atomic mass is 9.96. The van der Waals surface area contributed by atoms with Gasteiger partial charge in [-0.3, -0.25) is 4.79 Å². The molecule has 136 valence electrons. The van der Waals surface area contributed by atoms with E-state index in [1.54, 1.807) is 6.92 Å². The Balaban J connectivity index is 2.97. The Kier molecular flexibility index (Phi) is 7.08. The Bertz CT molecular complexity index is 561. The normalized spacial score (nSPS) is 14.1. The summed E-state index contributed by atoms with van der Waals surface area (Å²) in [5.41, 5.74) is -1.98. The van der Waals surface area contributed by atoms with Gasteiger partial charge in [-0.1, -0.05) is 26.2 Å². The predicted octanol–water partition coefficient (Wildman–Crippen LogP) is 4.64. The number of nitrogens with one attached hydrogen (secondary N) is 1. The van der Waals surface area contributed by atoms with Crippen LogP contribution in [0.4, 0.5) is 18.9 Å². The lowest BCUT2D eigenvalue weighted by Gasteiger charge is -2.27. The van der Waals surface area contributed by atoms with Crippen LogP contribution in [0.5, 0.6) is 5.75 Å². The number of amides is 1. The van der Waals surface area contributed by atoms with Crippen molar-refractivity contribution < 1.29 is 27.4 Å². The van der Waals surface area contributed by atoms with Gasteiger partial charge in [-0.2, -0.15) is 13.2 Å². The van der Waals surface area contributed by atoms with Crippen molar-refractivity contribution in [1.82, 2.24) is 0 Å². The summed E-state index contributed by atoms with van der Waals surface area (Å²) in [5, 5.41) is 2.50. The van der Waals surface area contributed by atoms with Crippen molar-refractivity contribution in [2.45, 2.75) is 51.3 Å². The van der Waals surface area contributed by atoms with Crippen molar-refractivity contribution in [1.29, 1.82) is 0 Å². The maximum absolute atomic E-state index is 13.0. The highest BCUT2D eigenvalue weighted by Gasteiger charge is 2.36. The third-order valence-electron chi connectivity index (χ3n) is 3.95. The molecule has 1 rings (SSSR count). The van der Waals surface area contributed by atoms with E-state index in [0.717, 1.165) is 25.3 Å². The molecular weight excluding hydrogens is 323 g/mol. The highest BCUT2D eigenvalue weighted by molar-refractivity contribution is 5.97. The van der Waals surface area contributed by atoms with Gasteiger partial charge in [-0.25, -0.2) is 0 Å². The molecule has 0 aliphatic heterocycles. The monoisotopic (exact) mass is 347 g/mol. The summed E-state index contributed by atoms with van der Waals surface area (Å²) < 4.78 is 49.2. The molecule has 1 atom stereocenters. The predicted molar refractivity (Wildman–Crippen MR) is 86.2 cm³/mol. The third kappa shape index (κ3) is 5.12. The van der Waals surface area contributed by atoms with Crippen LogP contribution in [-0.2, 0) is 15.7 Å². The van der Waals surface area contributed by atoms with Crippen molar-refractivity contribution >= 4 is 11.6 Å². The molecule has 0 bridgehead atoms. The average molecular weight is 347 g/mol. The van der Waals surface area contributed by atoms with Crippen LogP contribution in [0.2, 0.25) is 0 Å². The van der Waals surface area contributed by atoms with E-state index >= 15 is 0 Å². The molecule has 0 heterocycles. The van der Waals surface area contributed by atoms with Gasteiger partial charge < -0.3 is 14.8 Å². The SMILES string of the molecule is CCCCC[C@](C)(OC)C(=O)Nc1ccc(OC)c(C(F)(F)F)c1. The average Bonchev–Trinajstić information content (AvgIpc) is 2.54. The highest BCUT2D eigenvalue weighted by Crippen LogP contribution is 2.38. The first-order valence-corrected chi connectivity index (χ1v) is 7.79. The zero-order valence-corrected chi connectivity index (χ0v) is 14.4. The first-order chi connectivity index (χ1) is 11.2. The van der Waals surface area contributed by atoms with Crippen LogP contribution in [0.15, 0.2) is 18.2 Å². The molecule has 0 fully saturated rings. The third-order valence-corrected chi connectivity index (χ3v) is 3.95. The number of anilines is 1. The molecule has 0 saturated heterocycles. The Morgan fingerprint density at radius 2 is 1.88 bits per heavy atom. The van der Waals surface area contributed by atoms with Gasteiger partial charge in [0.15, 0.2) is 0 Å². The molecule has 1 amide bonds. The van der Waals surface area contributed by atoms with Gasteiger partial charge in [0.05, 0.1) is 12.7 Å². The molecule has 1 aromatic carbocycles. The molecule has 0 radical (unpaired) electrons. The second-order valence-electron chi connectivity index (χ2n) is 5.76. The first-order valence-electron chi connectivity index (χ1n) is 7.79. The van der Waals surface area contributed by atoms with Crippen molar-refractivity contribution in [3.63, 3.8) is 0 Å². The summed E-state index contributed by atoms with van der Waals surface area (Å²) in [6.07, 6.45) is -1.34. The summed E-state index contributed by atoms with van der Waals surface area (Å²) in [6, 6.07) is 3.41. The number of ether oxygens (including phenoxy) is 2. The maximum Gasteiger partial charge on any atom is 0.420 e. The standard InChI is InChI=1S/C17H24F3NO3/c1-5-6-7-10-16(2,24-4)15(22)21-12-8-9-14(23-3)13(11-12)17(18,19)20/h8-9,11H,5-7,10H2,1-4H3,(H,21,22)/t16-/m0/s1. The number of alkyl halides is 3. The fourth-order valence-electron chi connectivity index (χ4n) is 2.29. The van der Waals surface area contributed by atoms with Crippen LogP contribution >= 0.6 is 0 Å². The highest BCUT2D eigenvalue weighted by atomic mass is 19.4. The number of rotatable bonds is 8. The lowest BCUT2D eigenvalue weighted by molar-refractivity contribution is -0.139. The zero-order valence-electron chi connectivity index (χ0n) is 14.4. The van der Waals surface area contributed by atoms with E-state index in [2.05, 4.69) is 5.32 Å². The number of carbonyl (C=O) groups is 1. The Morgan fingerprint density at radius 3 is 2.38 bits per heavy atom. The van der Waals surface area contributed by atoms with Crippen molar-refractivity contribution in [3.8, 4) is 5.75 Å². The summed E-state index contributed by atoms with van der Waals surface area (Å²) in [6.45, 7) is 3.67. The van der Waals surface area contributed by atoms with Crippen LogP contribution < -0.4 is 10.1 Å². The van der Waals surface area contributed by atoms with E-state index in [9.17, 15) is 18.0 Å². The van der Waals surface area contributed by atoms with E-state index in [4.69, 9.17) is 9.47 Å². The minimum Gasteiger partial charge on any atom is -0.496 e. The molecule has 0 saturated carbocycles. The maximum atomic E-state index is 13.0. The number of benzene rings is 1. The zero-order chi connectivity index (χ0) is 18.4. The number of hydrogen-bond donors (Lipinski definition) is 1.